The number of likely N-dealkylation sites (tertiary alicyclic amines) is 1. The fourth-order valence-electron chi connectivity index (χ4n) is 4.23. The van der Waals surface area contributed by atoms with E-state index in [0.717, 1.165) is 50.1 Å². The van der Waals surface area contributed by atoms with Crippen LogP contribution in [0.4, 0.5) is 4.79 Å². The summed E-state index contributed by atoms with van der Waals surface area (Å²) in [5, 5.41) is 6.19. The number of carbonyl (C=O) groups excluding carboxylic acids is 2. The van der Waals surface area contributed by atoms with Crippen LogP contribution in [0.5, 0.6) is 5.75 Å². The minimum Gasteiger partial charge on any atom is -0.496 e. The lowest BCUT2D eigenvalue weighted by atomic mass is 9.93. The van der Waals surface area contributed by atoms with Gasteiger partial charge in [0.2, 0.25) is 5.91 Å². The summed E-state index contributed by atoms with van der Waals surface area (Å²) in [7, 11) is 1.64. The van der Waals surface area contributed by atoms with Gasteiger partial charge in [0.05, 0.1) is 7.11 Å². The molecule has 1 aliphatic heterocycles. The first kappa shape index (κ1) is 20.5. The van der Waals surface area contributed by atoms with Crippen molar-refractivity contribution in [1.82, 2.24) is 15.5 Å². The second-order valence-electron chi connectivity index (χ2n) is 8.01. The standard InChI is InChI=1S/C22H33N3O3/c1-28-20-10-6-5-7-18(20)16-23-21(26)15-17-11-13-25(14-12-17)22(27)24-19-8-3-2-4-9-19/h5-7,10,17,19H,2-4,8-9,11-16H2,1H3,(H,23,26)(H,24,27). The van der Waals surface area contributed by atoms with Gasteiger partial charge < -0.3 is 20.3 Å². The fraction of sp³-hybridized carbons (Fsp3) is 0.636. The van der Waals surface area contributed by atoms with E-state index in [9.17, 15) is 9.59 Å². The van der Waals surface area contributed by atoms with E-state index >= 15 is 0 Å². The molecule has 0 atom stereocenters. The van der Waals surface area contributed by atoms with E-state index < -0.39 is 0 Å². The first-order valence-electron chi connectivity index (χ1n) is 10.6. The van der Waals surface area contributed by atoms with E-state index in [0.29, 0.717) is 24.9 Å². The molecule has 28 heavy (non-hydrogen) atoms. The minimum atomic E-state index is 0.0658. The molecule has 2 aliphatic rings. The highest BCUT2D eigenvalue weighted by molar-refractivity contribution is 5.76. The van der Waals surface area contributed by atoms with Crippen LogP contribution in [0.1, 0.15) is 56.9 Å². The van der Waals surface area contributed by atoms with E-state index in [2.05, 4.69) is 10.6 Å². The van der Waals surface area contributed by atoms with Crippen LogP contribution in [0.2, 0.25) is 0 Å². The lowest BCUT2D eigenvalue weighted by Crippen LogP contribution is -2.48. The van der Waals surface area contributed by atoms with Gasteiger partial charge in [-0.1, -0.05) is 37.5 Å². The Kier molecular flexibility index (Phi) is 7.57. The van der Waals surface area contributed by atoms with Crippen LogP contribution < -0.4 is 15.4 Å². The number of methoxy groups -OCH3 is 1. The lowest BCUT2D eigenvalue weighted by Gasteiger charge is -2.33. The predicted octanol–water partition coefficient (Wildman–Crippen LogP) is 3.46. The predicted molar refractivity (Wildman–Crippen MR) is 109 cm³/mol. The molecule has 2 fully saturated rings. The number of amides is 3. The molecule has 1 aromatic rings. The van der Waals surface area contributed by atoms with E-state index in [4.69, 9.17) is 4.74 Å². The van der Waals surface area contributed by atoms with Gasteiger partial charge in [-0.25, -0.2) is 4.79 Å². The molecule has 1 saturated carbocycles. The Morgan fingerprint density at radius 2 is 1.79 bits per heavy atom. The third-order valence-electron chi connectivity index (χ3n) is 5.98. The van der Waals surface area contributed by atoms with E-state index in [1.54, 1.807) is 7.11 Å². The summed E-state index contributed by atoms with van der Waals surface area (Å²) in [5.41, 5.74) is 0.979. The van der Waals surface area contributed by atoms with Crippen molar-refractivity contribution in [2.45, 2.75) is 64.0 Å². The van der Waals surface area contributed by atoms with Crippen LogP contribution in [0, 0.1) is 5.92 Å². The van der Waals surface area contributed by atoms with Crippen molar-refractivity contribution in [3.63, 3.8) is 0 Å². The first-order valence-corrected chi connectivity index (χ1v) is 10.6. The van der Waals surface area contributed by atoms with Crippen molar-refractivity contribution < 1.29 is 14.3 Å². The van der Waals surface area contributed by atoms with Crippen LogP contribution in [-0.2, 0) is 11.3 Å². The Morgan fingerprint density at radius 1 is 1.07 bits per heavy atom. The number of hydrogen-bond donors (Lipinski definition) is 2. The summed E-state index contributed by atoms with van der Waals surface area (Å²) in [6.07, 6.45) is 8.24. The van der Waals surface area contributed by atoms with Crippen molar-refractivity contribution in [3.05, 3.63) is 29.8 Å². The molecule has 1 saturated heterocycles. The smallest absolute Gasteiger partial charge is 0.317 e. The second-order valence-corrected chi connectivity index (χ2v) is 8.01. The molecule has 1 aliphatic carbocycles. The van der Waals surface area contributed by atoms with Gasteiger partial charge in [0.1, 0.15) is 5.75 Å². The summed E-state index contributed by atoms with van der Waals surface area (Å²) in [6.45, 7) is 1.96. The average molecular weight is 388 g/mol. The zero-order chi connectivity index (χ0) is 19.8. The van der Waals surface area contributed by atoms with Crippen LogP contribution in [0.15, 0.2) is 24.3 Å². The van der Waals surface area contributed by atoms with Gasteiger partial charge in [-0.2, -0.15) is 0 Å². The van der Waals surface area contributed by atoms with Crippen LogP contribution in [0.25, 0.3) is 0 Å². The van der Waals surface area contributed by atoms with Crippen LogP contribution in [0.3, 0.4) is 0 Å². The molecule has 6 nitrogen and oxygen atoms in total. The highest BCUT2D eigenvalue weighted by Gasteiger charge is 2.26. The first-order chi connectivity index (χ1) is 13.7. The maximum Gasteiger partial charge on any atom is 0.317 e. The summed E-state index contributed by atoms with van der Waals surface area (Å²) < 4.78 is 5.32. The van der Waals surface area contributed by atoms with E-state index in [1.165, 1.54) is 19.3 Å². The molecule has 0 aromatic heterocycles. The third kappa shape index (κ3) is 5.88. The molecule has 0 radical (unpaired) electrons. The van der Waals surface area contributed by atoms with Crippen molar-refractivity contribution in [2.75, 3.05) is 20.2 Å². The number of ether oxygens (including phenoxy) is 1. The Hall–Kier alpha value is -2.24. The monoisotopic (exact) mass is 387 g/mol. The second kappa shape index (κ2) is 10.3. The van der Waals surface area contributed by atoms with Gasteiger partial charge in [0.15, 0.2) is 0 Å². The molecule has 3 rings (SSSR count). The van der Waals surface area contributed by atoms with Gasteiger partial charge in [-0.3, -0.25) is 4.79 Å². The number of nitrogens with one attached hydrogen (secondary N) is 2. The molecule has 2 N–H and O–H groups in total. The molecular formula is C22H33N3O3. The SMILES string of the molecule is COc1ccccc1CNC(=O)CC1CCN(C(=O)NC2CCCCC2)CC1. The number of para-hydroxylation sites is 1. The van der Waals surface area contributed by atoms with Gasteiger partial charge in [0, 0.05) is 37.7 Å². The van der Waals surface area contributed by atoms with Crippen molar-refractivity contribution in [2.24, 2.45) is 5.92 Å². The number of piperidine rings is 1. The Balaban J connectivity index is 1.36. The van der Waals surface area contributed by atoms with Crippen molar-refractivity contribution in [1.29, 1.82) is 0 Å². The Labute approximate surface area is 168 Å². The molecule has 0 bridgehead atoms. The Morgan fingerprint density at radius 3 is 2.50 bits per heavy atom. The normalized spacial score (nSPS) is 18.5. The summed E-state index contributed by atoms with van der Waals surface area (Å²) in [4.78, 5) is 26.7. The Bertz CT molecular complexity index is 650. The van der Waals surface area contributed by atoms with E-state index in [1.807, 2.05) is 29.2 Å². The van der Waals surface area contributed by atoms with Crippen LogP contribution in [-0.4, -0.2) is 43.1 Å². The largest absolute Gasteiger partial charge is 0.496 e. The average Bonchev–Trinajstić information content (AvgIpc) is 2.73. The minimum absolute atomic E-state index is 0.0658. The molecule has 3 amide bonds. The number of nitrogens with zero attached hydrogens (tertiary/aromatic N) is 1. The summed E-state index contributed by atoms with van der Waals surface area (Å²) in [6, 6.07) is 8.14. The van der Waals surface area contributed by atoms with Gasteiger partial charge >= 0.3 is 6.03 Å². The van der Waals surface area contributed by atoms with Gasteiger partial charge in [-0.05, 0) is 37.7 Å². The molecule has 154 valence electrons. The number of urea groups is 1. The zero-order valence-electron chi connectivity index (χ0n) is 16.9. The van der Waals surface area contributed by atoms with Gasteiger partial charge in [-0.15, -0.1) is 0 Å². The highest BCUT2D eigenvalue weighted by atomic mass is 16.5. The van der Waals surface area contributed by atoms with Crippen molar-refractivity contribution >= 4 is 11.9 Å². The number of rotatable bonds is 6. The topological polar surface area (TPSA) is 70.7 Å². The quantitative estimate of drug-likeness (QED) is 0.785. The van der Waals surface area contributed by atoms with E-state index in [-0.39, 0.29) is 11.9 Å². The summed E-state index contributed by atoms with van der Waals surface area (Å²) in [5.74, 6) is 1.20. The third-order valence-corrected chi connectivity index (χ3v) is 5.98. The fourth-order valence-corrected chi connectivity index (χ4v) is 4.23. The number of carbonyl (C=O) groups is 2. The molecule has 1 aromatic carbocycles. The van der Waals surface area contributed by atoms with Crippen molar-refractivity contribution in [3.8, 4) is 5.75 Å². The zero-order valence-corrected chi connectivity index (χ0v) is 16.9. The van der Waals surface area contributed by atoms with Gasteiger partial charge in [0.25, 0.3) is 0 Å². The molecule has 6 heteroatoms. The molecule has 0 spiro atoms. The highest BCUT2D eigenvalue weighted by Crippen LogP contribution is 2.22. The maximum absolute atomic E-state index is 12.4. The lowest BCUT2D eigenvalue weighted by molar-refractivity contribution is -0.122. The molecule has 0 unspecified atom stereocenters. The number of hydrogen-bond acceptors (Lipinski definition) is 3. The summed E-state index contributed by atoms with van der Waals surface area (Å²) >= 11 is 0. The number of benzene rings is 1. The maximum atomic E-state index is 12.4. The molecular weight excluding hydrogens is 354 g/mol. The molecule has 1 heterocycles. The van der Waals surface area contributed by atoms with Crippen LogP contribution >= 0.6 is 0 Å².